The van der Waals surface area contributed by atoms with E-state index >= 15 is 0 Å². The molecule has 1 aliphatic rings. The molecule has 1 saturated heterocycles. The molecular formula is C26H29NO6S. The zero-order valence-electron chi connectivity index (χ0n) is 19.6. The fourth-order valence-corrected chi connectivity index (χ4v) is 6.14. The van der Waals surface area contributed by atoms with Crippen molar-refractivity contribution in [2.24, 2.45) is 5.92 Å². The standard InChI is InChI=1S/C26H29NO6S/c1-17(2)14-27(20-11-12-34(30,31)16-20)24(28)15-32-21-9-10-22-23(13-21)33-18(3)25(26(22)29)19-7-5-4-6-8-19/h4-10,13,17,20H,11-12,14-16H2,1-3H3/t20-/m0/s1. The van der Waals surface area contributed by atoms with Crippen LogP contribution < -0.4 is 10.2 Å². The third-order valence-corrected chi connectivity index (χ3v) is 7.75. The molecule has 2 heterocycles. The van der Waals surface area contributed by atoms with Gasteiger partial charge in [0.25, 0.3) is 5.91 Å². The molecule has 2 aromatic carbocycles. The second-order valence-corrected chi connectivity index (χ2v) is 11.4. The van der Waals surface area contributed by atoms with Crippen molar-refractivity contribution in [1.29, 1.82) is 0 Å². The lowest BCUT2D eigenvalue weighted by Gasteiger charge is -2.29. The number of nitrogens with zero attached hydrogens (tertiary/aromatic N) is 1. The first-order valence-electron chi connectivity index (χ1n) is 11.4. The second-order valence-electron chi connectivity index (χ2n) is 9.17. The Morgan fingerprint density at radius 1 is 1.18 bits per heavy atom. The summed E-state index contributed by atoms with van der Waals surface area (Å²) in [4.78, 5) is 27.7. The van der Waals surface area contributed by atoms with E-state index in [1.165, 1.54) is 0 Å². The first kappa shape index (κ1) is 24.0. The highest BCUT2D eigenvalue weighted by Crippen LogP contribution is 2.26. The number of carbonyl (C=O) groups excluding carboxylic acids is 1. The number of aryl methyl sites for hydroxylation is 1. The third kappa shape index (κ3) is 5.17. The van der Waals surface area contributed by atoms with Gasteiger partial charge >= 0.3 is 0 Å². The van der Waals surface area contributed by atoms with Crippen LogP contribution in [0.5, 0.6) is 5.75 Å². The summed E-state index contributed by atoms with van der Waals surface area (Å²) in [6.45, 7) is 5.97. The topological polar surface area (TPSA) is 93.9 Å². The number of fused-ring (bicyclic) bond motifs is 1. The van der Waals surface area contributed by atoms with Crippen molar-refractivity contribution in [3.05, 3.63) is 64.5 Å². The lowest BCUT2D eigenvalue weighted by Crippen LogP contribution is -2.45. The van der Waals surface area contributed by atoms with Gasteiger partial charge in [-0.2, -0.15) is 0 Å². The van der Waals surface area contributed by atoms with Gasteiger partial charge in [-0.1, -0.05) is 44.2 Å². The van der Waals surface area contributed by atoms with Crippen molar-refractivity contribution in [2.75, 3.05) is 24.7 Å². The molecule has 34 heavy (non-hydrogen) atoms. The second kappa shape index (κ2) is 9.62. The lowest BCUT2D eigenvalue weighted by molar-refractivity contribution is -0.135. The number of amides is 1. The molecule has 1 aliphatic heterocycles. The van der Waals surface area contributed by atoms with Crippen molar-refractivity contribution in [3.8, 4) is 16.9 Å². The van der Waals surface area contributed by atoms with Gasteiger partial charge in [-0.15, -0.1) is 0 Å². The highest BCUT2D eigenvalue weighted by molar-refractivity contribution is 7.91. The average Bonchev–Trinajstić information content (AvgIpc) is 3.15. The van der Waals surface area contributed by atoms with E-state index in [9.17, 15) is 18.0 Å². The maximum atomic E-state index is 13.1. The number of sulfone groups is 1. The Balaban J connectivity index is 1.54. The van der Waals surface area contributed by atoms with E-state index in [1.54, 1.807) is 30.0 Å². The van der Waals surface area contributed by atoms with E-state index in [-0.39, 0.29) is 41.4 Å². The monoisotopic (exact) mass is 483 g/mol. The number of benzene rings is 2. The highest BCUT2D eigenvalue weighted by atomic mass is 32.2. The number of rotatable bonds is 7. The molecular weight excluding hydrogens is 454 g/mol. The van der Waals surface area contributed by atoms with Crippen molar-refractivity contribution < 1.29 is 22.4 Å². The van der Waals surface area contributed by atoms with Crippen molar-refractivity contribution >= 4 is 26.7 Å². The Bertz CT molecular complexity index is 1360. The molecule has 0 bridgehead atoms. The van der Waals surface area contributed by atoms with E-state index in [0.717, 1.165) is 5.56 Å². The van der Waals surface area contributed by atoms with Gasteiger partial charge in [0.05, 0.1) is 22.5 Å². The van der Waals surface area contributed by atoms with E-state index in [2.05, 4.69) is 0 Å². The van der Waals surface area contributed by atoms with Crippen molar-refractivity contribution in [3.63, 3.8) is 0 Å². The van der Waals surface area contributed by atoms with Crippen LogP contribution in [0.2, 0.25) is 0 Å². The van der Waals surface area contributed by atoms with Crippen LogP contribution in [0, 0.1) is 12.8 Å². The average molecular weight is 484 g/mol. The largest absolute Gasteiger partial charge is 0.484 e. The van der Waals surface area contributed by atoms with Crippen LogP contribution in [-0.2, 0) is 14.6 Å². The van der Waals surface area contributed by atoms with Crippen LogP contribution >= 0.6 is 0 Å². The molecule has 1 fully saturated rings. The van der Waals surface area contributed by atoms with Gasteiger partial charge in [-0.25, -0.2) is 8.42 Å². The SMILES string of the molecule is Cc1oc2cc(OCC(=O)N(CC(C)C)[C@H]3CCS(=O)(=O)C3)ccc2c(=O)c1-c1ccccc1. The Morgan fingerprint density at radius 3 is 2.56 bits per heavy atom. The minimum absolute atomic E-state index is 0.00435. The zero-order valence-corrected chi connectivity index (χ0v) is 20.4. The molecule has 0 unspecified atom stereocenters. The van der Waals surface area contributed by atoms with Gasteiger partial charge in [0.2, 0.25) is 5.43 Å². The van der Waals surface area contributed by atoms with E-state index in [0.29, 0.717) is 41.0 Å². The fraction of sp³-hybridized carbons (Fsp3) is 0.385. The summed E-state index contributed by atoms with van der Waals surface area (Å²) < 4.78 is 35.5. The zero-order chi connectivity index (χ0) is 24.5. The molecule has 0 N–H and O–H groups in total. The van der Waals surface area contributed by atoms with Crippen LogP contribution in [0.25, 0.3) is 22.1 Å². The molecule has 1 atom stereocenters. The Morgan fingerprint density at radius 2 is 1.91 bits per heavy atom. The van der Waals surface area contributed by atoms with Gasteiger partial charge in [-0.3, -0.25) is 9.59 Å². The van der Waals surface area contributed by atoms with E-state index in [1.807, 2.05) is 44.2 Å². The molecule has 7 nitrogen and oxygen atoms in total. The van der Waals surface area contributed by atoms with Gasteiger partial charge in [0.1, 0.15) is 17.1 Å². The minimum atomic E-state index is -3.11. The molecule has 1 aromatic heterocycles. The molecule has 0 spiro atoms. The summed E-state index contributed by atoms with van der Waals surface area (Å²) in [5, 5.41) is 0.431. The summed E-state index contributed by atoms with van der Waals surface area (Å²) in [7, 11) is -3.11. The number of hydrogen-bond acceptors (Lipinski definition) is 6. The third-order valence-electron chi connectivity index (χ3n) is 6.00. The Labute approximate surface area is 199 Å². The van der Waals surface area contributed by atoms with Crippen LogP contribution in [0.15, 0.2) is 57.7 Å². The summed E-state index contributed by atoms with van der Waals surface area (Å²) >= 11 is 0. The van der Waals surface area contributed by atoms with Crippen LogP contribution in [0.4, 0.5) is 0 Å². The Hall–Kier alpha value is -3.13. The van der Waals surface area contributed by atoms with Crippen molar-refractivity contribution in [1.82, 2.24) is 4.90 Å². The highest BCUT2D eigenvalue weighted by Gasteiger charge is 2.35. The fourth-order valence-electron chi connectivity index (χ4n) is 4.41. The summed E-state index contributed by atoms with van der Waals surface area (Å²) in [6, 6.07) is 13.9. The maximum Gasteiger partial charge on any atom is 0.260 e. The predicted octanol–water partition coefficient (Wildman–Crippen LogP) is 3.82. The summed E-state index contributed by atoms with van der Waals surface area (Å²) in [6.07, 6.45) is 0.449. The van der Waals surface area contributed by atoms with Gasteiger partial charge < -0.3 is 14.1 Å². The van der Waals surface area contributed by atoms with Crippen LogP contribution in [0.3, 0.4) is 0 Å². The molecule has 4 rings (SSSR count). The van der Waals surface area contributed by atoms with Crippen molar-refractivity contribution in [2.45, 2.75) is 33.2 Å². The minimum Gasteiger partial charge on any atom is -0.484 e. The van der Waals surface area contributed by atoms with E-state index < -0.39 is 9.84 Å². The number of carbonyl (C=O) groups is 1. The normalized spacial score (nSPS) is 17.2. The number of ether oxygens (including phenoxy) is 1. The van der Waals surface area contributed by atoms with Gasteiger partial charge in [0, 0.05) is 18.7 Å². The smallest absolute Gasteiger partial charge is 0.260 e. The van der Waals surface area contributed by atoms with Gasteiger partial charge in [-0.05, 0) is 37.0 Å². The number of hydrogen-bond donors (Lipinski definition) is 0. The molecule has 3 aromatic rings. The first-order valence-corrected chi connectivity index (χ1v) is 13.2. The molecule has 0 saturated carbocycles. The molecule has 1 amide bonds. The maximum absolute atomic E-state index is 13.1. The van der Waals surface area contributed by atoms with Gasteiger partial charge in [0.15, 0.2) is 16.4 Å². The molecule has 8 heteroatoms. The Kier molecular flexibility index (Phi) is 6.79. The quantitative estimate of drug-likeness (QED) is 0.507. The molecule has 180 valence electrons. The summed E-state index contributed by atoms with van der Waals surface area (Å²) in [5.41, 5.74) is 1.57. The van der Waals surface area contributed by atoms with E-state index in [4.69, 9.17) is 9.15 Å². The van der Waals surface area contributed by atoms with Crippen LogP contribution in [0.1, 0.15) is 26.0 Å². The molecule has 0 aliphatic carbocycles. The molecule has 0 radical (unpaired) electrons. The first-order chi connectivity index (χ1) is 16.1. The van der Waals surface area contributed by atoms with Crippen LogP contribution in [-0.4, -0.2) is 49.9 Å². The lowest BCUT2D eigenvalue weighted by atomic mass is 10.0. The predicted molar refractivity (Wildman–Crippen MR) is 132 cm³/mol. The summed E-state index contributed by atoms with van der Waals surface area (Å²) in [5.74, 6) is 0.947.